The van der Waals surface area contributed by atoms with Gasteiger partial charge in [0.05, 0.1) is 0 Å². The van der Waals surface area contributed by atoms with E-state index in [0.29, 0.717) is 0 Å². The molecule has 0 aromatic heterocycles. The Morgan fingerprint density at radius 3 is 1.70 bits per heavy atom. The van der Waals surface area contributed by atoms with E-state index >= 15 is 0 Å². The van der Waals surface area contributed by atoms with E-state index in [1.165, 1.54) is 0 Å². The molecule has 0 spiro atoms. The minimum Gasteiger partial charge on any atom is -0.317 e. The molecule has 0 saturated carbocycles. The third-order valence-corrected chi connectivity index (χ3v) is 19.7. The van der Waals surface area contributed by atoms with Gasteiger partial charge in [-0.3, -0.25) is 0 Å². The summed E-state index contributed by atoms with van der Waals surface area (Å²) in [7, 11) is 1.38. The van der Waals surface area contributed by atoms with Gasteiger partial charge in [-0.2, -0.15) is 11.1 Å². The summed E-state index contributed by atoms with van der Waals surface area (Å²) in [6.45, 7) is 2.20. The molecule has 5 heteroatoms. The summed E-state index contributed by atoms with van der Waals surface area (Å²) in [4.78, 5) is 0. The second kappa shape index (κ2) is 2.49. The van der Waals surface area contributed by atoms with Crippen LogP contribution in [0.3, 0.4) is 0 Å². The van der Waals surface area contributed by atoms with Gasteiger partial charge in [0.25, 0.3) is 0 Å². The van der Waals surface area contributed by atoms with Crippen LogP contribution in [0.1, 0.15) is 0 Å². The Labute approximate surface area is 73.8 Å². The Hall–Kier alpha value is 0.974. The minimum absolute atomic E-state index is 1.15. The van der Waals surface area contributed by atoms with E-state index < -0.39 is 14.9 Å². The average molecular weight is 214 g/mol. The van der Waals surface area contributed by atoms with Gasteiger partial charge in [-0.05, 0) is 25.4 Å². The third-order valence-electron chi connectivity index (χ3n) is 2.08. The molecule has 0 N–H and O–H groups in total. The fourth-order valence-corrected chi connectivity index (χ4v) is 23.1. The highest BCUT2D eigenvalue weighted by Crippen LogP contribution is 2.45. The maximum Gasteiger partial charge on any atom is 0.225 e. The molecule has 0 atom stereocenters. The number of halogens is 2. The first-order chi connectivity index (χ1) is 4.36. The van der Waals surface area contributed by atoms with E-state index in [9.17, 15) is 0 Å². The van der Waals surface area contributed by atoms with E-state index in [2.05, 4.69) is 25.2 Å². The maximum atomic E-state index is 6.34. The molecule has 0 amide bonds. The van der Waals surface area contributed by atoms with Gasteiger partial charge >= 0.3 is 0 Å². The first-order valence-corrected chi connectivity index (χ1v) is 10.7. The van der Waals surface area contributed by atoms with Gasteiger partial charge in [-0.15, -0.1) is 11.1 Å². The summed E-state index contributed by atoms with van der Waals surface area (Å²) in [5.41, 5.74) is 2.30. The van der Waals surface area contributed by atoms with Crippen molar-refractivity contribution < 1.29 is 0 Å². The molecule has 0 aliphatic carbocycles. The highest BCUT2D eigenvalue weighted by molar-refractivity contribution is 7.44. The molecule has 60 valence electrons. The Balaban J connectivity index is 2.50. The molecule has 0 bridgehead atoms. The Bertz CT molecular complexity index is 141. The molecule has 1 nitrogen and oxygen atoms in total. The summed E-state index contributed by atoms with van der Waals surface area (Å²) < 4.78 is 2.20. The van der Waals surface area contributed by atoms with Crippen LogP contribution in [0.15, 0.2) is 0 Å². The maximum absolute atomic E-state index is 6.34. The van der Waals surface area contributed by atoms with Crippen molar-refractivity contribution in [2.45, 2.75) is 17.9 Å². The number of hydrogen-bond acceptors (Lipinski definition) is 1. The smallest absolute Gasteiger partial charge is 0.225 e. The first kappa shape index (κ1) is 9.06. The van der Waals surface area contributed by atoms with Gasteiger partial charge in [-0.1, -0.05) is 6.55 Å². The van der Waals surface area contributed by atoms with Crippen LogP contribution in [0.25, 0.3) is 0 Å². The van der Waals surface area contributed by atoms with Gasteiger partial charge in [0.15, 0.2) is 7.38 Å². The third kappa shape index (κ3) is 1.58. The highest BCUT2D eigenvalue weighted by atomic mass is 35.6. The van der Waals surface area contributed by atoms with Crippen LogP contribution in [-0.4, -0.2) is 33.6 Å². The molecule has 0 unspecified atom stereocenters. The van der Waals surface area contributed by atoms with Gasteiger partial charge in [0, 0.05) is 0 Å². The lowest BCUT2D eigenvalue weighted by atomic mass is 11.3. The standard InChI is InChI=1S/C5H13Cl2NSi2/c1-8(2)10(7)4-9(3,6)5-10/h4-5H2,1-3H3. The molecule has 0 radical (unpaired) electrons. The van der Waals surface area contributed by atoms with E-state index in [4.69, 9.17) is 22.2 Å². The van der Waals surface area contributed by atoms with Crippen molar-refractivity contribution in [2.24, 2.45) is 0 Å². The number of nitrogens with zero attached hydrogens (tertiary/aromatic N) is 1. The Kier molecular flexibility index (Phi) is 2.25. The molecule has 1 aliphatic heterocycles. The summed E-state index contributed by atoms with van der Waals surface area (Å²) >= 11 is 12.5. The molecule has 10 heavy (non-hydrogen) atoms. The molecule has 1 heterocycles. The van der Waals surface area contributed by atoms with Crippen LogP contribution in [0.5, 0.6) is 0 Å². The summed E-state index contributed by atoms with van der Waals surface area (Å²) in [6.07, 6.45) is 0. The molecule has 0 aromatic carbocycles. The Morgan fingerprint density at radius 2 is 1.60 bits per heavy atom. The van der Waals surface area contributed by atoms with E-state index in [1.807, 2.05) is 0 Å². The lowest BCUT2D eigenvalue weighted by Crippen LogP contribution is -2.62. The van der Waals surface area contributed by atoms with Crippen molar-refractivity contribution in [1.82, 2.24) is 4.57 Å². The summed E-state index contributed by atoms with van der Waals surface area (Å²) in [6, 6.07) is 0. The minimum atomic E-state index is -1.47. The molecule has 0 aromatic rings. The van der Waals surface area contributed by atoms with Crippen LogP contribution in [0.4, 0.5) is 0 Å². The van der Waals surface area contributed by atoms with Gasteiger partial charge in [0.2, 0.25) is 7.55 Å². The van der Waals surface area contributed by atoms with E-state index in [1.54, 1.807) is 0 Å². The molecule has 1 fully saturated rings. The van der Waals surface area contributed by atoms with Crippen LogP contribution in [-0.2, 0) is 0 Å². The summed E-state index contributed by atoms with van der Waals surface area (Å²) in [5.74, 6) is 0. The number of rotatable bonds is 1. The zero-order chi connectivity index (χ0) is 7.99. The molecule has 1 rings (SSSR count). The zero-order valence-corrected chi connectivity index (χ0v) is 10.1. The molecular weight excluding hydrogens is 201 g/mol. The average Bonchev–Trinajstić information content (AvgIpc) is 1.59. The van der Waals surface area contributed by atoms with Crippen molar-refractivity contribution >= 4 is 37.1 Å². The summed E-state index contributed by atoms with van der Waals surface area (Å²) in [5, 5.41) is 0. The van der Waals surface area contributed by atoms with Crippen molar-refractivity contribution in [1.29, 1.82) is 0 Å². The second-order valence-corrected chi connectivity index (χ2v) is 16.8. The topological polar surface area (TPSA) is 3.24 Å². The molecule has 1 saturated heterocycles. The lowest BCUT2D eigenvalue weighted by molar-refractivity contribution is 0.628. The normalized spacial score (nSPS) is 47.4. The van der Waals surface area contributed by atoms with E-state index in [0.717, 1.165) is 11.3 Å². The predicted molar refractivity (Wildman–Crippen MR) is 52.4 cm³/mol. The lowest BCUT2D eigenvalue weighted by Gasteiger charge is -2.47. The van der Waals surface area contributed by atoms with Gasteiger partial charge < -0.3 is 4.57 Å². The van der Waals surface area contributed by atoms with Crippen molar-refractivity contribution in [3.63, 3.8) is 0 Å². The van der Waals surface area contributed by atoms with Gasteiger partial charge in [0.1, 0.15) is 0 Å². The largest absolute Gasteiger partial charge is 0.317 e. The fraction of sp³-hybridized carbons (Fsp3) is 1.00. The predicted octanol–water partition coefficient (Wildman–Crippen LogP) is 2.14. The first-order valence-electron chi connectivity index (χ1n) is 3.41. The SMILES string of the molecule is CN(C)[Si]1(Cl)C[Si](C)(Cl)C1. The van der Waals surface area contributed by atoms with E-state index in [-0.39, 0.29) is 0 Å². The number of hydrogen-bond donors (Lipinski definition) is 0. The van der Waals surface area contributed by atoms with Crippen LogP contribution in [0, 0.1) is 0 Å². The monoisotopic (exact) mass is 213 g/mol. The van der Waals surface area contributed by atoms with Crippen LogP contribution >= 0.6 is 22.2 Å². The van der Waals surface area contributed by atoms with Crippen LogP contribution < -0.4 is 0 Å². The zero-order valence-electron chi connectivity index (χ0n) is 6.62. The molecular formula is C5H13Cl2NSi2. The van der Waals surface area contributed by atoms with Crippen molar-refractivity contribution in [3.8, 4) is 0 Å². The molecule has 1 aliphatic rings. The van der Waals surface area contributed by atoms with Crippen molar-refractivity contribution in [2.75, 3.05) is 14.1 Å². The fourth-order valence-electron chi connectivity index (χ4n) is 1.39. The second-order valence-electron chi connectivity index (χ2n) is 3.58. The van der Waals surface area contributed by atoms with Gasteiger partial charge in [-0.25, -0.2) is 0 Å². The van der Waals surface area contributed by atoms with Crippen LogP contribution in [0.2, 0.25) is 17.9 Å². The quantitative estimate of drug-likeness (QED) is 0.477. The Morgan fingerprint density at radius 1 is 1.20 bits per heavy atom. The van der Waals surface area contributed by atoms with Crippen molar-refractivity contribution in [3.05, 3.63) is 0 Å². The highest BCUT2D eigenvalue weighted by Gasteiger charge is 2.55.